The van der Waals surface area contributed by atoms with E-state index in [-0.39, 0.29) is 12.1 Å². The second-order valence-electron chi connectivity index (χ2n) is 8.11. The number of carbonyl (C=O) groups excluding carboxylic acids is 2. The van der Waals surface area contributed by atoms with E-state index in [9.17, 15) is 9.59 Å². The summed E-state index contributed by atoms with van der Waals surface area (Å²) in [5.41, 5.74) is 2.36. The largest absolute Gasteiger partial charge is 0.378 e. The lowest BCUT2D eigenvalue weighted by molar-refractivity contribution is -1.02. The Morgan fingerprint density at radius 2 is 1.70 bits per heavy atom. The third-order valence-corrected chi connectivity index (χ3v) is 5.64. The van der Waals surface area contributed by atoms with Crippen molar-refractivity contribution in [2.45, 2.75) is 24.9 Å². The maximum absolute atomic E-state index is 12.2. The maximum Gasteiger partial charge on any atom is 0.309 e. The first-order chi connectivity index (χ1) is 12.9. The van der Waals surface area contributed by atoms with E-state index < -0.39 is 11.8 Å². The molecule has 0 aromatic heterocycles. The van der Waals surface area contributed by atoms with Gasteiger partial charge in [0.25, 0.3) is 0 Å². The van der Waals surface area contributed by atoms with Crippen molar-refractivity contribution in [3.8, 4) is 0 Å². The molecule has 2 amide bonds. The van der Waals surface area contributed by atoms with Gasteiger partial charge in [0.1, 0.15) is 32.2 Å². The van der Waals surface area contributed by atoms with Crippen LogP contribution in [0.2, 0.25) is 0 Å². The topological polar surface area (TPSA) is 70.3 Å². The fraction of sp³-hybridized carbons (Fsp3) is 0.600. The van der Waals surface area contributed by atoms with Crippen molar-refractivity contribution in [1.29, 1.82) is 0 Å². The normalized spacial score (nSPS) is 23.4. The van der Waals surface area contributed by atoms with Gasteiger partial charge in [-0.25, -0.2) is 0 Å². The SMILES string of the molecule is CN(C)c1ccc([C@H](CNC(=O)C(=O)NC2CC2)[NH+]2CC[NH+](C)CC2)cc1. The summed E-state index contributed by atoms with van der Waals surface area (Å²) in [5, 5.41) is 5.63. The Labute approximate surface area is 161 Å². The van der Waals surface area contributed by atoms with Crippen LogP contribution in [0, 0.1) is 0 Å². The van der Waals surface area contributed by atoms with Crippen LogP contribution in [0.25, 0.3) is 0 Å². The van der Waals surface area contributed by atoms with Crippen molar-refractivity contribution < 1.29 is 19.4 Å². The van der Waals surface area contributed by atoms with E-state index in [1.807, 2.05) is 14.1 Å². The highest BCUT2D eigenvalue weighted by atomic mass is 16.2. The number of rotatable bonds is 6. The molecule has 2 fully saturated rings. The lowest BCUT2D eigenvalue weighted by Gasteiger charge is -2.33. The smallest absolute Gasteiger partial charge is 0.309 e. The van der Waals surface area contributed by atoms with Gasteiger partial charge in [0.2, 0.25) is 0 Å². The summed E-state index contributed by atoms with van der Waals surface area (Å²) in [6, 6.07) is 8.88. The van der Waals surface area contributed by atoms with Crippen LogP contribution in [-0.2, 0) is 9.59 Å². The zero-order valence-corrected chi connectivity index (χ0v) is 16.7. The third kappa shape index (κ3) is 5.43. The van der Waals surface area contributed by atoms with Gasteiger partial charge in [0.05, 0.1) is 13.6 Å². The fourth-order valence-electron chi connectivity index (χ4n) is 3.60. The minimum Gasteiger partial charge on any atom is -0.378 e. The quantitative estimate of drug-likeness (QED) is 0.419. The van der Waals surface area contributed by atoms with Crippen LogP contribution in [0.3, 0.4) is 0 Å². The third-order valence-electron chi connectivity index (χ3n) is 5.64. The standard InChI is InChI=1S/C20H31N5O2/c1-23(2)17-8-4-15(5-9-17)18(25-12-10-24(3)11-13-25)14-21-19(26)20(27)22-16-6-7-16/h4-5,8-9,16,18H,6-7,10-14H2,1-3H3,(H,21,26)(H,22,27)/p+2/t18-/m0/s1. The number of nitrogens with one attached hydrogen (secondary N) is 4. The zero-order chi connectivity index (χ0) is 19.4. The number of hydrogen-bond donors (Lipinski definition) is 4. The average molecular weight is 376 g/mol. The highest BCUT2D eigenvalue weighted by Gasteiger charge is 2.31. The van der Waals surface area contributed by atoms with Gasteiger partial charge >= 0.3 is 11.8 Å². The molecule has 4 N–H and O–H groups in total. The monoisotopic (exact) mass is 375 g/mol. The molecule has 1 saturated carbocycles. The van der Waals surface area contributed by atoms with Crippen LogP contribution < -0.4 is 25.3 Å². The summed E-state index contributed by atoms with van der Waals surface area (Å²) in [6.45, 7) is 4.86. The highest BCUT2D eigenvalue weighted by molar-refractivity contribution is 6.35. The van der Waals surface area contributed by atoms with Crippen molar-refractivity contribution >= 4 is 17.5 Å². The molecule has 1 aromatic rings. The summed E-state index contributed by atoms with van der Waals surface area (Å²) in [6.07, 6.45) is 1.96. The first kappa shape index (κ1) is 19.6. The molecule has 0 unspecified atom stereocenters. The van der Waals surface area contributed by atoms with Gasteiger partial charge in [-0.2, -0.15) is 0 Å². The molecule has 1 aromatic carbocycles. The lowest BCUT2D eigenvalue weighted by Crippen LogP contribution is -3.27. The van der Waals surface area contributed by atoms with Gasteiger partial charge in [-0.1, -0.05) is 12.1 Å². The molecular formula is C20H33N5O2+2. The molecule has 0 spiro atoms. The van der Waals surface area contributed by atoms with Crippen molar-refractivity contribution in [2.24, 2.45) is 0 Å². The molecule has 1 atom stereocenters. The van der Waals surface area contributed by atoms with Crippen LogP contribution >= 0.6 is 0 Å². The van der Waals surface area contributed by atoms with E-state index in [2.05, 4.69) is 46.8 Å². The van der Waals surface area contributed by atoms with E-state index in [0.717, 1.165) is 44.7 Å². The summed E-state index contributed by atoms with van der Waals surface area (Å²) in [7, 11) is 6.28. The molecule has 1 aliphatic heterocycles. The molecule has 7 nitrogen and oxygen atoms in total. The molecule has 1 aliphatic carbocycles. The number of quaternary nitrogens is 2. The van der Waals surface area contributed by atoms with Crippen molar-refractivity contribution in [2.75, 3.05) is 58.8 Å². The molecular weight excluding hydrogens is 342 g/mol. The Hall–Kier alpha value is -2.12. The van der Waals surface area contributed by atoms with Gasteiger partial charge < -0.3 is 25.3 Å². The average Bonchev–Trinajstić information content (AvgIpc) is 3.47. The van der Waals surface area contributed by atoms with Gasteiger partial charge in [-0.3, -0.25) is 9.59 Å². The molecule has 3 rings (SSSR count). The molecule has 1 heterocycles. The van der Waals surface area contributed by atoms with Gasteiger partial charge in [0.15, 0.2) is 0 Å². The molecule has 0 bridgehead atoms. The Kier molecular flexibility index (Phi) is 6.34. The van der Waals surface area contributed by atoms with Crippen LogP contribution in [0.5, 0.6) is 0 Å². The Balaban J connectivity index is 1.67. The maximum atomic E-state index is 12.2. The van der Waals surface area contributed by atoms with E-state index in [1.54, 1.807) is 4.90 Å². The molecule has 0 radical (unpaired) electrons. The summed E-state index contributed by atoms with van der Waals surface area (Å²) < 4.78 is 0. The number of likely N-dealkylation sites (N-methyl/N-ethyl adjacent to an activating group) is 1. The Bertz CT molecular complexity index is 649. The number of hydrogen-bond acceptors (Lipinski definition) is 3. The number of carbonyl (C=O) groups is 2. The van der Waals surface area contributed by atoms with Crippen LogP contribution in [0.1, 0.15) is 24.4 Å². The number of benzene rings is 1. The van der Waals surface area contributed by atoms with Crippen LogP contribution in [0.15, 0.2) is 24.3 Å². The van der Waals surface area contributed by atoms with E-state index in [4.69, 9.17) is 0 Å². The summed E-state index contributed by atoms with van der Waals surface area (Å²) >= 11 is 0. The Morgan fingerprint density at radius 3 is 2.26 bits per heavy atom. The second kappa shape index (κ2) is 8.71. The van der Waals surface area contributed by atoms with Gasteiger partial charge in [0, 0.05) is 31.4 Å². The molecule has 148 valence electrons. The first-order valence-electron chi connectivity index (χ1n) is 9.96. The number of amides is 2. The number of nitrogens with zero attached hydrogens (tertiary/aromatic N) is 1. The van der Waals surface area contributed by atoms with Crippen molar-refractivity contribution in [3.05, 3.63) is 29.8 Å². The van der Waals surface area contributed by atoms with Gasteiger partial charge in [-0.05, 0) is 25.0 Å². The fourth-order valence-corrected chi connectivity index (χ4v) is 3.60. The predicted molar refractivity (Wildman–Crippen MR) is 105 cm³/mol. The molecule has 27 heavy (non-hydrogen) atoms. The number of anilines is 1. The zero-order valence-electron chi connectivity index (χ0n) is 16.7. The Morgan fingerprint density at radius 1 is 1.07 bits per heavy atom. The highest BCUT2D eigenvalue weighted by Crippen LogP contribution is 2.18. The van der Waals surface area contributed by atoms with Crippen molar-refractivity contribution in [1.82, 2.24) is 10.6 Å². The summed E-state index contributed by atoms with van der Waals surface area (Å²) in [5.74, 6) is -1.02. The number of piperazine rings is 1. The van der Waals surface area contributed by atoms with Crippen LogP contribution in [-0.4, -0.2) is 71.7 Å². The minimum atomic E-state index is -0.518. The van der Waals surface area contributed by atoms with E-state index >= 15 is 0 Å². The van der Waals surface area contributed by atoms with Crippen LogP contribution in [0.4, 0.5) is 5.69 Å². The summed E-state index contributed by atoms with van der Waals surface area (Å²) in [4.78, 5) is 29.2. The van der Waals surface area contributed by atoms with E-state index in [1.165, 1.54) is 10.5 Å². The van der Waals surface area contributed by atoms with E-state index in [0.29, 0.717) is 6.54 Å². The predicted octanol–water partition coefficient (Wildman–Crippen LogP) is -2.40. The van der Waals surface area contributed by atoms with Gasteiger partial charge in [-0.15, -0.1) is 0 Å². The molecule has 1 saturated heterocycles. The minimum absolute atomic E-state index is 0.159. The second-order valence-corrected chi connectivity index (χ2v) is 8.11. The molecule has 7 heteroatoms. The molecule has 2 aliphatic rings. The lowest BCUT2D eigenvalue weighted by atomic mass is 10.0. The van der Waals surface area contributed by atoms with Crippen molar-refractivity contribution in [3.63, 3.8) is 0 Å². The first-order valence-corrected chi connectivity index (χ1v) is 9.96.